The van der Waals surface area contributed by atoms with E-state index in [-0.39, 0.29) is 6.04 Å². The maximum absolute atomic E-state index is 11.9. The summed E-state index contributed by atoms with van der Waals surface area (Å²) in [7, 11) is 0. The van der Waals surface area contributed by atoms with Crippen LogP contribution < -0.4 is 10.6 Å². The number of carbonyl (C=O) groups excluding carboxylic acids is 1. The number of hydrogen-bond acceptors (Lipinski definition) is 4. The van der Waals surface area contributed by atoms with Crippen LogP contribution >= 0.6 is 22.7 Å². The number of rotatable bonds is 6. The number of carboxylic acid groups (broad SMARTS) is 1. The van der Waals surface area contributed by atoms with E-state index in [1.165, 1.54) is 16.2 Å². The highest BCUT2D eigenvalue weighted by Crippen LogP contribution is 2.19. The monoisotopic (exact) mass is 324 g/mol. The zero-order valence-corrected chi connectivity index (χ0v) is 13.0. The minimum Gasteiger partial charge on any atom is -0.479 e. The molecule has 2 unspecified atom stereocenters. The lowest BCUT2D eigenvalue weighted by Crippen LogP contribution is -2.44. The number of urea groups is 1. The lowest BCUT2D eigenvalue weighted by molar-refractivity contribution is -0.139. The molecule has 2 aromatic rings. The molecule has 21 heavy (non-hydrogen) atoms. The van der Waals surface area contributed by atoms with Crippen molar-refractivity contribution in [2.75, 3.05) is 0 Å². The first-order valence-electron chi connectivity index (χ1n) is 6.42. The molecule has 0 aliphatic rings. The number of thiophene rings is 2. The first-order valence-corrected chi connectivity index (χ1v) is 8.18. The van der Waals surface area contributed by atoms with Crippen LogP contribution in [0, 0.1) is 0 Å². The average molecular weight is 324 g/mol. The summed E-state index contributed by atoms with van der Waals surface area (Å²) in [6, 6.07) is 5.87. The van der Waals surface area contributed by atoms with Crippen LogP contribution in [0.2, 0.25) is 0 Å². The third kappa shape index (κ3) is 4.57. The molecule has 2 heterocycles. The van der Waals surface area contributed by atoms with E-state index in [2.05, 4.69) is 10.6 Å². The van der Waals surface area contributed by atoms with Gasteiger partial charge >= 0.3 is 12.0 Å². The number of aliphatic carboxylic acids is 1. The molecule has 0 aliphatic carbocycles. The summed E-state index contributed by atoms with van der Waals surface area (Å²) < 4.78 is 0. The number of carbonyl (C=O) groups is 2. The number of carboxylic acids is 1. The molecule has 0 spiro atoms. The van der Waals surface area contributed by atoms with Gasteiger partial charge in [-0.15, -0.1) is 22.7 Å². The summed E-state index contributed by atoms with van der Waals surface area (Å²) in [6.07, 6.45) is 0.724. The van der Waals surface area contributed by atoms with E-state index in [1.54, 1.807) is 28.8 Å². The van der Waals surface area contributed by atoms with Crippen molar-refractivity contribution in [2.45, 2.75) is 25.4 Å². The van der Waals surface area contributed by atoms with Crippen LogP contribution in [0.1, 0.15) is 22.7 Å². The van der Waals surface area contributed by atoms with Crippen LogP contribution in [0.3, 0.4) is 0 Å². The van der Waals surface area contributed by atoms with Crippen molar-refractivity contribution in [1.82, 2.24) is 10.6 Å². The number of hydrogen-bond donors (Lipinski definition) is 3. The van der Waals surface area contributed by atoms with Crippen molar-refractivity contribution in [1.29, 1.82) is 0 Å². The molecule has 112 valence electrons. The Morgan fingerprint density at radius 1 is 1.19 bits per heavy atom. The summed E-state index contributed by atoms with van der Waals surface area (Å²) in [5, 5.41) is 18.2. The Balaban J connectivity index is 1.89. The number of nitrogens with one attached hydrogen (secondary N) is 2. The smallest absolute Gasteiger partial charge is 0.331 e. The summed E-state index contributed by atoms with van der Waals surface area (Å²) in [6.45, 7) is 1.89. The Morgan fingerprint density at radius 3 is 2.48 bits per heavy atom. The predicted octanol–water partition coefficient (Wildman–Crippen LogP) is 2.87. The summed E-state index contributed by atoms with van der Waals surface area (Å²) in [4.78, 5) is 24.9. The Morgan fingerprint density at radius 2 is 1.90 bits per heavy atom. The second-order valence-corrected chi connectivity index (χ2v) is 6.60. The second kappa shape index (κ2) is 7.24. The van der Waals surface area contributed by atoms with Crippen LogP contribution in [0.15, 0.2) is 35.0 Å². The van der Waals surface area contributed by atoms with E-state index >= 15 is 0 Å². The lowest BCUT2D eigenvalue weighted by Gasteiger charge is -2.17. The van der Waals surface area contributed by atoms with Crippen molar-refractivity contribution in [2.24, 2.45) is 0 Å². The highest BCUT2D eigenvalue weighted by atomic mass is 32.1. The highest BCUT2D eigenvalue weighted by Gasteiger charge is 2.23. The lowest BCUT2D eigenvalue weighted by atomic mass is 10.2. The molecule has 3 N–H and O–H groups in total. The van der Waals surface area contributed by atoms with Gasteiger partial charge in [-0.1, -0.05) is 12.1 Å². The van der Waals surface area contributed by atoms with Crippen molar-refractivity contribution in [3.05, 3.63) is 44.8 Å². The predicted molar refractivity (Wildman–Crippen MR) is 83.8 cm³/mol. The normalized spacial score (nSPS) is 13.4. The molecule has 0 bridgehead atoms. The summed E-state index contributed by atoms with van der Waals surface area (Å²) in [5.74, 6) is -1.07. The van der Waals surface area contributed by atoms with E-state index in [4.69, 9.17) is 0 Å². The van der Waals surface area contributed by atoms with Crippen LogP contribution in [-0.4, -0.2) is 23.1 Å². The molecule has 0 saturated heterocycles. The largest absolute Gasteiger partial charge is 0.479 e. The van der Waals surface area contributed by atoms with Gasteiger partial charge in [0.15, 0.2) is 6.04 Å². The Labute approximate surface area is 130 Å². The van der Waals surface area contributed by atoms with Gasteiger partial charge in [0, 0.05) is 22.2 Å². The first-order chi connectivity index (χ1) is 10.1. The third-order valence-corrected chi connectivity index (χ3v) is 4.65. The zero-order valence-electron chi connectivity index (χ0n) is 11.4. The summed E-state index contributed by atoms with van der Waals surface area (Å²) in [5.41, 5.74) is 0. The highest BCUT2D eigenvalue weighted by molar-refractivity contribution is 7.10. The van der Waals surface area contributed by atoms with E-state index in [0.29, 0.717) is 4.88 Å². The van der Waals surface area contributed by atoms with Crippen molar-refractivity contribution in [3.8, 4) is 0 Å². The Kier molecular flexibility index (Phi) is 5.35. The molecular weight excluding hydrogens is 308 g/mol. The molecule has 0 fully saturated rings. The first kappa shape index (κ1) is 15.5. The second-order valence-electron chi connectivity index (χ2n) is 4.59. The van der Waals surface area contributed by atoms with Gasteiger partial charge in [0.1, 0.15) is 0 Å². The molecule has 0 aromatic carbocycles. The topological polar surface area (TPSA) is 78.4 Å². The van der Waals surface area contributed by atoms with E-state index in [9.17, 15) is 14.7 Å². The fraction of sp³-hybridized carbons (Fsp3) is 0.286. The van der Waals surface area contributed by atoms with Crippen molar-refractivity contribution in [3.63, 3.8) is 0 Å². The molecular formula is C14H16N2O3S2. The van der Waals surface area contributed by atoms with Gasteiger partial charge in [-0.25, -0.2) is 9.59 Å². The Hall–Kier alpha value is -1.86. The van der Waals surface area contributed by atoms with E-state index in [0.717, 1.165) is 6.42 Å². The molecule has 2 atom stereocenters. The van der Waals surface area contributed by atoms with Crippen LogP contribution in [0.25, 0.3) is 0 Å². The molecule has 5 nitrogen and oxygen atoms in total. The molecule has 2 aromatic heterocycles. The van der Waals surface area contributed by atoms with Gasteiger partial charge in [0.25, 0.3) is 0 Å². The third-order valence-electron chi connectivity index (χ3n) is 2.82. The molecule has 7 heteroatoms. The molecule has 0 saturated carbocycles. The molecule has 0 aliphatic heterocycles. The fourth-order valence-electron chi connectivity index (χ4n) is 1.89. The Bertz CT molecular complexity index is 581. The average Bonchev–Trinajstić information content (AvgIpc) is 3.07. The quantitative estimate of drug-likeness (QED) is 0.764. The van der Waals surface area contributed by atoms with Gasteiger partial charge in [0.05, 0.1) is 0 Å². The maximum Gasteiger partial charge on any atom is 0.331 e. The number of amides is 2. The minimum absolute atomic E-state index is 0.0681. The van der Waals surface area contributed by atoms with Crippen LogP contribution in [-0.2, 0) is 11.2 Å². The van der Waals surface area contributed by atoms with Crippen molar-refractivity contribution < 1.29 is 14.7 Å². The van der Waals surface area contributed by atoms with Crippen molar-refractivity contribution >= 4 is 34.7 Å². The van der Waals surface area contributed by atoms with Crippen LogP contribution in [0.4, 0.5) is 4.79 Å². The van der Waals surface area contributed by atoms with Gasteiger partial charge < -0.3 is 15.7 Å². The van der Waals surface area contributed by atoms with Gasteiger partial charge in [-0.3, -0.25) is 0 Å². The molecule has 2 amide bonds. The van der Waals surface area contributed by atoms with Gasteiger partial charge in [-0.05, 0) is 29.8 Å². The van der Waals surface area contributed by atoms with E-state index in [1.807, 2.05) is 24.4 Å². The SMILES string of the molecule is CC(Cc1cccs1)NC(=O)NC(C(=O)O)c1cccs1. The van der Waals surface area contributed by atoms with Gasteiger partial charge in [-0.2, -0.15) is 0 Å². The molecule has 2 rings (SSSR count). The fourth-order valence-corrected chi connectivity index (χ4v) is 3.49. The van der Waals surface area contributed by atoms with E-state index < -0.39 is 18.0 Å². The molecule has 0 radical (unpaired) electrons. The zero-order chi connectivity index (χ0) is 15.2. The minimum atomic E-state index is -1.07. The van der Waals surface area contributed by atoms with Gasteiger partial charge in [0.2, 0.25) is 0 Å². The maximum atomic E-state index is 11.9. The standard InChI is InChI=1S/C14H16N2O3S2/c1-9(8-10-4-2-6-20-10)15-14(19)16-12(13(17)18)11-5-3-7-21-11/h2-7,9,12H,8H2,1H3,(H,17,18)(H2,15,16,19). The van der Waals surface area contributed by atoms with Crippen LogP contribution in [0.5, 0.6) is 0 Å². The summed E-state index contributed by atoms with van der Waals surface area (Å²) >= 11 is 2.93.